The van der Waals surface area contributed by atoms with Gasteiger partial charge in [0.1, 0.15) is 40.1 Å². The van der Waals surface area contributed by atoms with Crippen LogP contribution in [0.2, 0.25) is 0 Å². The third kappa shape index (κ3) is 31.7. The minimum Gasteiger partial charge on any atom is -1.00 e. The Kier molecular flexibility index (Phi) is 37.9. The van der Waals surface area contributed by atoms with Crippen LogP contribution < -0.4 is 149 Å². The van der Waals surface area contributed by atoms with E-state index in [0.717, 1.165) is 105 Å². The quantitative estimate of drug-likeness (QED) is 0.00614. The molecule has 0 amide bonds. The van der Waals surface area contributed by atoms with E-state index >= 15 is 0 Å². The number of sulfonamides is 4. The van der Waals surface area contributed by atoms with Crippen molar-refractivity contribution in [1.29, 1.82) is 0 Å². The van der Waals surface area contributed by atoms with Crippen molar-refractivity contribution in [2.24, 2.45) is 10.3 Å². The number of nitrogens with two attached hydrogens (primary N) is 2. The molecule has 12 aromatic heterocycles. The van der Waals surface area contributed by atoms with E-state index in [1.54, 1.807) is 103 Å². The molecule has 0 unspecified atom stereocenters. The Labute approximate surface area is 860 Å². The van der Waals surface area contributed by atoms with Crippen molar-refractivity contribution in [3.05, 3.63) is 149 Å². The number of halogens is 3. The van der Waals surface area contributed by atoms with Crippen LogP contribution in [-0.4, -0.2) is 186 Å². The fraction of sp³-hybridized carbons (Fsp3) is 0.392. The maximum atomic E-state index is 12.6. The fourth-order valence-electron chi connectivity index (χ4n) is 12.2. The predicted molar refractivity (Wildman–Crippen MR) is 480 cm³/mol. The first-order chi connectivity index (χ1) is 61.6. The summed E-state index contributed by atoms with van der Waals surface area (Å²) < 4.78 is 144. The van der Waals surface area contributed by atoms with E-state index < -0.39 is 69.9 Å². The van der Waals surface area contributed by atoms with Crippen LogP contribution in [0.3, 0.4) is 0 Å². The van der Waals surface area contributed by atoms with E-state index in [0.29, 0.717) is 144 Å². The van der Waals surface area contributed by atoms with Gasteiger partial charge in [0.15, 0.2) is 46.6 Å². The summed E-state index contributed by atoms with van der Waals surface area (Å²) in [4.78, 5) is 60.2. The summed E-state index contributed by atoms with van der Waals surface area (Å²) in [6.45, 7) is 10.2. The van der Waals surface area contributed by atoms with Crippen molar-refractivity contribution in [3.63, 3.8) is 0 Å². The Morgan fingerprint density at radius 2 is 0.788 bits per heavy atom. The molecule has 16 rings (SSSR count). The summed E-state index contributed by atoms with van der Waals surface area (Å²) in [5.74, 6) is 5.80. The number of aryl methyl sites for hydroxylation is 3. The van der Waals surface area contributed by atoms with Crippen molar-refractivity contribution in [2.45, 2.75) is 189 Å². The second-order valence-corrected chi connectivity index (χ2v) is 43.8. The molecule has 4 fully saturated rings. The molecule has 4 saturated carbocycles. The second kappa shape index (κ2) is 47.0. The third-order valence-electron chi connectivity index (χ3n) is 18.7. The molecule has 0 saturated heterocycles. The van der Waals surface area contributed by atoms with Gasteiger partial charge in [-0.3, -0.25) is 25.2 Å². The molecule has 698 valence electrons. The van der Waals surface area contributed by atoms with Gasteiger partial charge in [0.05, 0.1) is 32.7 Å². The largest absolute Gasteiger partial charge is 1.00 e. The molecule has 0 atom stereocenters. The van der Waals surface area contributed by atoms with Gasteiger partial charge >= 0.3 is 115 Å². The van der Waals surface area contributed by atoms with Crippen molar-refractivity contribution in [3.8, 4) is 42.8 Å². The van der Waals surface area contributed by atoms with Crippen molar-refractivity contribution in [1.82, 2.24) is 90.1 Å². The normalized spacial score (nSPS) is 14.0. The Morgan fingerprint density at radius 1 is 0.492 bits per heavy atom. The predicted octanol–water partition coefficient (Wildman–Crippen LogP) is 5.09. The smallest absolute Gasteiger partial charge is 1.00 e. The van der Waals surface area contributed by atoms with E-state index in [1.165, 1.54) is 50.1 Å². The van der Waals surface area contributed by atoms with E-state index in [1.807, 2.05) is 24.3 Å². The molecule has 4 aliphatic carbocycles. The summed E-state index contributed by atoms with van der Waals surface area (Å²) in [6.07, 6.45) is 16.6. The van der Waals surface area contributed by atoms with Crippen molar-refractivity contribution >= 4 is 151 Å². The van der Waals surface area contributed by atoms with Crippen molar-refractivity contribution < 1.29 is 191 Å². The van der Waals surface area contributed by atoms with E-state index in [9.17, 15) is 56.7 Å². The zero-order valence-electron chi connectivity index (χ0n) is 73.6. The molecule has 0 bridgehead atoms. The summed E-state index contributed by atoms with van der Waals surface area (Å²) in [7, 11) is -14.9. The Bertz CT molecular complexity index is 6450. The average molecular weight is 2030 g/mol. The molecule has 17 N–H and O–H groups in total. The first-order valence-corrected chi connectivity index (χ1v) is 49.7. The van der Waals surface area contributed by atoms with Gasteiger partial charge in [-0.25, -0.2) is 98.1 Å². The number of nitrogens with one attached hydrogen (secondary N) is 10. The van der Waals surface area contributed by atoms with Gasteiger partial charge in [0.2, 0.25) is 20.0 Å². The minimum absolute atomic E-state index is 0. The number of carbonyl (C=O) groups excluding carboxylic acids is 2. The molecule has 0 radical (unpaired) electrons. The number of thiophene rings is 4. The first kappa shape index (κ1) is 106. The SMILES string of the molecule is CC(C)(C)NS(=O)(=O)c1ccc(-c2ncc(/C=C/CO)c(Nc3cc(C4CC4)[nH]n3)n2)s1.CC(C)(C)NS(=O)(=O)c1ccc(-c2ncc(CCCO)c(Nc3cc(C4CC4)[nH]n3)n2)s1.NS(=O)(=O)c1ccc(-c2ncc(CCCO)c(Nc3cc(C4CC4)[nH]n3)n2)s1.NS(=O)(=O)c1ccc(-c2ncc(CCCOC(=O)C(F)(F)F)c(Nc3cc(C4CC4)[nH]n3)n2)s1.O=CO[O-].[H-].[K+].[K+]. The number of aromatic amines is 4. The molecule has 12 heterocycles. The Hall–Kier alpha value is -7.62. The van der Waals surface area contributed by atoms with Gasteiger partial charge in [0.25, 0.3) is 26.5 Å². The number of anilines is 8. The van der Waals surface area contributed by atoms with Crippen molar-refractivity contribution in [2.75, 3.05) is 47.7 Å². The molecule has 132 heavy (non-hydrogen) atoms. The molecule has 0 aliphatic heterocycles. The standard InChI is InChI=1S/C21H28N6O3S2.C21H26N6O3S2.C19H19F3N6O4S2.C17H20N6O3S2.CH2O3.2K.H/c2*1-21(2,3)27-32(29,30)18-9-8-16(31-18)20-22-12-14(5-4-10-28)19(24-20)23-17-11-15(25-26-17)13-6-7-13;20-19(21,22)18(29)32-7-1-2-11-9-24-17(13-5-6-15(33-13)34(23,30)31)26-16(11)25-14-8-12(27-28-14)10-3-4-10;18-28(25,26)15-6-5-13(27-15)17-19-9-11(2-1-7-24)16(21-17)20-14-8-12(22-23-14)10-3-4-10;2-1-4-3;;;/h8-9,11-13,27-28H,4-7,10H2,1-3H3,(H2,22,23,24,25,26);4-5,8-9,11-13,27-28H,6-7,10H2,1-3H3,(H2,22,23,24,25,26);5-6,8-10H,1-4,7H2,(H2,23,30,31)(H2,24,25,26,27,28);5-6,8-10,24H,1-4,7H2,(H2,18,25,26)(H2,19,20,21,22,23);1,3H;;;/q;;;;;2*+1;-1/p-1/b;5-4+;;;;;;. The first-order valence-electron chi connectivity index (χ1n) is 40.4. The topological polar surface area (TPSA) is 615 Å². The summed E-state index contributed by atoms with van der Waals surface area (Å²) in [6, 6.07) is 20.3. The van der Waals surface area contributed by atoms with Crippen LogP contribution in [0.15, 0.2) is 120 Å². The van der Waals surface area contributed by atoms with Crippen LogP contribution in [0.25, 0.3) is 48.9 Å². The maximum Gasteiger partial charge on any atom is 1.00 e. The van der Waals surface area contributed by atoms with Gasteiger partial charge in [0, 0.05) is 142 Å². The van der Waals surface area contributed by atoms with Crippen LogP contribution in [0, 0.1) is 0 Å². The Morgan fingerprint density at radius 3 is 1.07 bits per heavy atom. The van der Waals surface area contributed by atoms with Crippen LogP contribution in [0.1, 0.15) is 182 Å². The Balaban J connectivity index is 0.000000195. The summed E-state index contributed by atoms with van der Waals surface area (Å²) in [5.41, 5.74) is 6.05. The number of nitrogens with zero attached hydrogens (tertiary/aromatic N) is 12. The van der Waals surface area contributed by atoms with Crippen LogP contribution in [-0.2, 0) is 78.6 Å². The van der Waals surface area contributed by atoms with Crippen LogP contribution in [0.4, 0.5) is 59.7 Å². The molecular formula is C79H95F3K2N24O16S8. The number of hydrogen-bond acceptors (Lipinski definition) is 36. The number of primary sulfonamides is 2. The van der Waals surface area contributed by atoms with E-state index in [-0.39, 0.29) is 166 Å². The number of rotatable bonds is 35. The van der Waals surface area contributed by atoms with Gasteiger partial charge in [-0.1, -0.05) is 12.2 Å². The monoisotopic (exact) mass is 2030 g/mol. The zero-order chi connectivity index (χ0) is 93.5. The van der Waals surface area contributed by atoms with Crippen LogP contribution >= 0.6 is 45.3 Å². The van der Waals surface area contributed by atoms with E-state index in [4.69, 9.17) is 30.5 Å². The van der Waals surface area contributed by atoms with Gasteiger partial charge in [-0.15, -0.1) is 45.3 Å². The molecule has 40 nitrogen and oxygen atoms in total. The fourth-order valence-corrected chi connectivity index (χ4v) is 20.8. The molecule has 0 aromatic carbocycles. The molecule has 12 aromatic rings. The number of aromatic nitrogens is 16. The molecule has 53 heteroatoms. The number of aliphatic hydroxyl groups is 3. The van der Waals surface area contributed by atoms with Gasteiger partial charge in [-0.05, 0) is 180 Å². The third-order valence-corrected chi connectivity index (χ3v) is 30.4. The van der Waals surface area contributed by atoms with E-state index in [2.05, 4.69) is 121 Å². The average Bonchev–Trinajstić information content (AvgIpc) is 1.59. The summed E-state index contributed by atoms with van der Waals surface area (Å²) >= 11 is 4.16. The number of hydrogen-bond donors (Lipinski definition) is 15. The minimum atomic E-state index is -5.05. The van der Waals surface area contributed by atoms with Gasteiger partial charge in [-0.2, -0.15) is 33.6 Å². The molecule has 4 aliphatic rings. The molecule has 0 spiro atoms. The maximum absolute atomic E-state index is 12.6. The van der Waals surface area contributed by atoms with Gasteiger partial charge < -0.3 is 52.9 Å². The van der Waals surface area contributed by atoms with Crippen LogP contribution in [0.5, 0.6) is 0 Å². The summed E-state index contributed by atoms with van der Waals surface area (Å²) in [5, 5.41) is 88.3. The number of aliphatic hydroxyl groups excluding tert-OH is 3. The number of esters is 1. The number of H-pyrrole nitrogens is 4. The number of carbonyl (C=O) groups is 2. The molecular weight excluding hydrogens is 1930 g/mol. The second-order valence-electron chi connectivity index (χ2n) is 32.1. The number of alkyl halides is 3. The number of ether oxygens (including phenoxy) is 1. The zero-order valence-corrected chi connectivity index (χ0v) is 85.4.